The van der Waals surface area contributed by atoms with Gasteiger partial charge in [0.25, 0.3) is 15.6 Å². The molecule has 0 spiro atoms. The smallest absolute Gasteiger partial charge is 0.264 e. The molecule has 0 bridgehead atoms. The number of benzene rings is 2. The van der Waals surface area contributed by atoms with Gasteiger partial charge in [-0.3, -0.25) is 14.1 Å². The van der Waals surface area contributed by atoms with Crippen LogP contribution in [0, 0.1) is 13.8 Å². The number of para-hydroxylation sites is 1. The van der Waals surface area contributed by atoms with Crippen molar-refractivity contribution in [1.82, 2.24) is 9.97 Å². The van der Waals surface area contributed by atoms with E-state index in [2.05, 4.69) is 9.97 Å². The van der Waals surface area contributed by atoms with Crippen LogP contribution in [-0.2, 0) is 16.4 Å². The summed E-state index contributed by atoms with van der Waals surface area (Å²) in [4.78, 5) is 21.7. The maximum Gasteiger partial charge on any atom is 0.264 e. The summed E-state index contributed by atoms with van der Waals surface area (Å²) < 4.78 is 28.2. The Balaban J connectivity index is 1.86. The van der Waals surface area contributed by atoms with Crippen molar-refractivity contribution in [3.05, 3.63) is 81.8 Å². The molecule has 3 aromatic rings. The predicted octanol–water partition coefficient (Wildman–Crippen LogP) is 3.28. The number of aromatic nitrogens is 2. The Bertz CT molecular complexity index is 1190. The number of hydrogen-bond acceptors (Lipinski definition) is 5. The molecule has 1 N–H and O–H groups in total. The number of nitrogens with one attached hydrogen (secondary N) is 1. The van der Waals surface area contributed by atoms with E-state index in [0.29, 0.717) is 35.7 Å². The first-order valence-corrected chi connectivity index (χ1v) is 11.6. The van der Waals surface area contributed by atoms with Crippen LogP contribution in [0.2, 0.25) is 0 Å². The summed E-state index contributed by atoms with van der Waals surface area (Å²) in [5.74, 6) is 0.499. The maximum absolute atomic E-state index is 13.4. The lowest BCUT2D eigenvalue weighted by atomic mass is 10.1. The average Bonchev–Trinajstić information content (AvgIpc) is 2.73. The van der Waals surface area contributed by atoms with E-state index >= 15 is 0 Å². The molecule has 164 valence electrons. The van der Waals surface area contributed by atoms with Crippen LogP contribution in [0.1, 0.15) is 23.2 Å². The van der Waals surface area contributed by atoms with Crippen LogP contribution in [-0.4, -0.2) is 39.0 Å². The van der Waals surface area contributed by atoms with Gasteiger partial charge in [0, 0.05) is 31.9 Å². The number of rotatable bonds is 8. The van der Waals surface area contributed by atoms with Crippen LogP contribution < -0.4 is 14.8 Å². The van der Waals surface area contributed by atoms with Gasteiger partial charge in [-0.05, 0) is 51.0 Å². The van der Waals surface area contributed by atoms with E-state index in [0.717, 1.165) is 5.56 Å². The molecule has 0 saturated heterocycles. The normalized spacial score (nSPS) is 11.4. The summed E-state index contributed by atoms with van der Waals surface area (Å²) in [6.07, 6.45) is 0.904. The van der Waals surface area contributed by atoms with E-state index in [1.807, 2.05) is 39.2 Å². The van der Waals surface area contributed by atoms with Crippen LogP contribution in [0.25, 0.3) is 0 Å². The van der Waals surface area contributed by atoms with Crippen molar-refractivity contribution < 1.29 is 8.42 Å². The molecule has 0 saturated carbocycles. The van der Waals surface area contributed by atoms with Gasteiger partial charge in [-0.25, -0.2) is 13.4 Å². The van der Waals surface area contributed by atoms with Gasteiger partial charge >= 0.3 is 0 Å². The van der Waals surface area contributed by atoms with Crippen molar-refractivity contribution in [2.24, 2.45) is 0 Å². The minimum absolute atomic E-state index is 0.191. The summed E-state index contributed by atoms with van der Waals surface area (Å²) in [5.41, 5.74) is 2.62. The van der Waals surface area contributed by atoms with Crippen LogP contribution in [0.5, 0.6) is 0 Å². The van der Waals surface area contributed by atoms with Crippen molar-refractivity contribution in [2.45, 2.75) is 31.6 Å². The lowest BCUT2D eigenvalue weighted by Crippen LogP contribution is -2.32. The molecular weight excluding hydrogens is 412 g/mol. The lowest BCUT2D eigenvalue weighted by molar-refractivity contribution is 0.589. The lowest BCUT2D eigenvalue weighted by Gasteiger charge is -2.25. The van der Waals surface area contributed by atoms with Gasteiger partial charge < -0.3 is 4.90 Å². The van der Waals surface area contributed by atoms with Crippen molar-refractivity contribution in [2.75, 3.05) is 29.8 Å². The standard InChI is InChI=1S/C23H28N4O3S/c1-17-12-14-20(15-13-17)31(29,30)27(19-9-6-5-7-10-19)16-8-11-21-18(2)24-23(26(3)4)25-22(21)28/h5-7,9-10,12-15H,8,11,16H2,1-4H3,(H,24,25,28). The van der Waals surface area contributed by atoms with E-state index in [4.69, 9.17) is 0 Å². The van der Waals surface area contributed by atoms with E-state index in [-0.39, 0.29) is 17.0 Å². The van der Waals surface area contributed by atoms with E-state index in [9.17, 15) is 13.2 Å². The summed E-state index contributed by atoms with van der Waals surface area (Å²) >= 11 is 0. The summed E-state index contributed by atoms with van der Waals surface area (Å²) in [6, 6.07) is 15.8. The summed E-state index contributed by atoms with van der Waals surface area (Å²) in [7, 11) is -0.117. The third-order valence-electron chi connectivity index (χ3n) is 5.07. The fraction of sp³-hybridized carbons (Fsp3) is 0.304. The molecule has 0 aliphatic heterocycles. The number of anilines is 2. The van der Waals surface area contributed by atoms with Crippen LogP contribution >= 0.6 is 0 Å². The SMILES string of the molecule is Cc1ccc(S(=O)(=O)N(CCCc2c(C)nc(N(C)C)[nH]c2=O)c2ccccc2)cc1. The Kier molecular flexibility index (Phi) is 6.80. The van der Waals surface area contributed by atoms with E-state index in [1.165, 1.54) is 4.31 Å². The molecule has 8 heteroatoms. The van der Waals surface area contributed by atoms with Gasteiger partial charge in [0.15, 0.2) is 0 Å². The fourth-order valence-corrected chi connectivity index (χ4v) is 4.82. The second kappa shape index (κ2) is 9.34. The van der Waals surface area contributed by atoms with E-state index < -0.39 is 10.0 Å². The first-order valence-electron chi connectivity index (χ1n) is 10.1. The second-order valence-electron chi connectivity index (χ2n) is 7.68. The number of nitrogens with zero attached hydrogens (tertiary/aromatic N) is 3. The topological polar surface area (TPSA) is 86.4 Å². The molecule has 0 aliphatic carbocycles. The zero-order valence-corrected chi connectivity index (χ0v) is 19.1. The molecule has 31 heavy (non-hydrogen) atoms. The van der Waals surface area contributed by atoms with Gasteiger partial charge in [-0.2, -0.15) is 0 Å². The summed E-state index contributed by atoms with van der Waals surface area (Å²) in [5, 5.41) is 0. The highest BCUT2D eigenvalue weighted by Crippen LogP contribution is 2.24. The predicted molar refractivity (Wildman–Crippen MR) is 124 cm³/mol. The van der Waals surface area contributed by atoms with Crippen molar-refractivity contribution in [1.29, 1.82) is 0 Å². The quantitative estimate of drug-likeness (QED) is 0.581. The zero-order valence-electron chi connectivity index (χ0n) is 18.3. The molecule has 7 nitrogen and oxygen atoms in total. The van der Waals surface area contributed by atoms with Gasteiger partial charge in [-0.15, -0.1) is 0 Å². The number of sulfonamides is 1. The van der Waals surface area contributed by atoms with Crippen molar-refractivity contribution in [3.8, 4) is 0 Å². The first-order chi connectivity index (χ1) is 14.7. The Morgan fingerprint density at radius 1 is 0.968 bits per heavy atom. The highest BCUT2D eigenvalue weighted by molar-refractivity contribution is 7.92. The zero-order chi connectivity index (χ0) is 22.6. The van der Waals surface area contributed by atoms with E-state index in [1.54, 1.807) is 48.2 Å². The Morgan fingerprint density at radius 3 is 2.19 bits per heavy atom. The Labute approximate surface area is 183 Å². The van der Waals surface area contributed by atoms with Crippen molar-refractivity contribution >= 4 is 21.7 Å². The molecular formula is C23H28N4O3S. The van der Waals surface area contributed by atoms with Crippen LogP contribution in [0.4, 0.5) is 11.6 Å². The third-order valence-corrected chi connectivity index (χ3v) is 6.92. The fourth-order valence-electron chi connectivity index (χ4n) is 3.32. The largest absolute Gasteiger partial charge is 0.348 e. The van der Waals surface area contributed by atoms with Crippen molar-refractivity contribution in [3.63, 3.8) is 0 Å². The highest BCUT2D eigenvalue weighted by Gasteiger charge is 2.24. The first kappa shape index (κ1) is 22.6. The molecule has 0 amide bonds. The average molecular weight is 441 g/mol. The molecule has 0 unspecified atom stereocenters. The maximum atomic E-state index is 13.4. The minimum Gasteiger partial charge on any atom is -0.348 e. The monoisotopic (exact) mass is 440 g/mol. The van der Waals surface area contributed by atoms with Gasteiger partial charge in [0.2, 0.25) is 5.95 Å². The van der Waals surface area contributed by atoms with Crippen LogP contribution in [0.3, 0.4) is 0 Å². The number of aromatic amines is 1. The third kappa shape index (κ3) is 5.14. The van der Waals surface area contributed by atoms with Gasteiger partial charge in [0.1, 0.15) is 0 Å². The molecule has 1 aromatic heterocycles. The molecule has 0 radical (unpaired) electrons. The number of H-pyrrole nitrogens is 1. The summed E-state index contributed by atoms with van der Waals surface area (Å²) in [6.45, 7) is 3.96. The molecule has 0 aliphatic rings. The van der Waals surface area contributed by atoms with Gasteiger partial charge in [-0.1, -0.05) is 35.9 Å². The Hall–Kier alpha value is -3.13. The number of hydrogen-bond donors (Lipinski definition) is 1. The molecule has 0 fully saturated rings. The molecule has 1 heterocycles. The van der Waals surface area contributed by atoms with Crippen LogP contribution in [0.15, 0.2) is 64.3 Å². The second-order valence-corrected chi connectivity index (χ2v) is 9.54. The van der Waals surface area contributed by atoms with Gasteiger partial charge in [0.05, 0.1) is 10.6 Å². The minimum atomic E-state index is -3.74. The number of aryl methyl sites for hydroxylation is 2. The molecule has 0 atom stereocenters. The molecule has 3 rings (SSSR count). The molecule has 2 aromatic carbocycles. The Morgan fingerprint density at radius 2 is 1.61 bits per heavy atom. The highest BCUT2D eigenvalue weighted by atomic mass is 32.2.